The smallest absolute Gasteiger partial charge is 0.197 e. The first kappa shape index (κ1) is 10.9. The molecule has 1 N–H and O–H groups in total. The normalized spacial score (nSPS) is 10.4. The summed E-state index contributed by atoms with van der Waals surface area (Å²) in [4.78, 5) is 4.45. The van der Waals surface area contributed by atoms with Gasteiger partial charge in [-0.15, -0.1) is 10.2 Å². The molecule has 84 valence electrons. The minimum absolute atomic E-state index is 0.834. The van der Waals surface area contributed by atoms with E-state index in [0.29, 0.717) is 0 Å². The van der Waals surface area contributed by atoms with Gasteiger partial charge in [0.2, 0.25) is 0 Å². The number of nitrogens with zero attached hydrogens (tertiary/aromatic N) is 4. The molecular formula is C10H13N5S. The molecule has 2 aromatic rings. The van der Waals surface area contributed by atoms with E-state index in [1.165, 1.54) is 11.8 Å². The maximum atomic E-state index is 4.45. The van der Waals surface area contributed by atoms with E-state index in [2.05, 4.69) is 20.5 Å². The molecular weight excluding hydrogens is 222 g/mol. The average molecular weight is 235 g/mol. The van der Waals surface area contributed by atoms with Gasteiger partial charge in [-0.1, -0.05) is 6.07 Å². The Labute approximate surface area is 98.3 Å². The highest BCUT2D eigenvalue weighted by molar-refractivity contribution is 7.99. The van der Waals surface area contributed by atoms with Crippen molar-refractivity contribution in [2.24, 2.45) is 7.05 Å². The molecule has 0 aliphatic rings. The Bertz CT molecular complexity index is 468. The quantitative estimate of drug-likeness (QED) is 0.875. The first-order valence-electron chi connectivity index (χ1n) is 5.02. The molecule has 0 aromatic carbocycles. The number of anilines is 1. The van der Waals surface area contributed by atoms with Gasteiger partial charge >= 0.3 is 0 Å². The summed E-state index contributed by atoms with van der Waals surface area (Å²) in [5, 5.41) is 12.7. The third kappa shape index (κ3) is 2.52. The van der Waals surface area contributed by atoms with Crippen LogP contribution in [0.25, 0.3) is 0 Å². The average Bonchev–Trinajstić information content (AvgIpc) is 2.66. The number of pyridine rings is 1. The molecule has 0 aliphatic heterocycles. The highest BCUT2D eigenvalue weighted by Crippen LogP contribution is 2.24. The Balaban J connectivity index is 2.15. The van der Waals surface area contributed by atoms with Crippen LogP contribution in [0.2, 0.25) is 0 Å². The summed E-state index contributed by atoms with van der Waals surface area (Å²) in [5.41, 5.74) is 0. The van der Waals surface area contributed by atoms with Crippen LogP contribution in [0.4, 0.5) is 5.82 Å². The fourth-order valence-electron chi connectivity index (χ4n) is 1.21. The minimum atomic E-state index is 0.834. The molecule has 0 atom stereocenters. The predicted molar refractivity (Wildman–Crippen MR) is 63.5 cm³/mol. The summed E-state index contributed by atoms with van der Waals surface area (Å²) in [6, 6.07) is 5.88. The second-order valence-corrected chi connectivity index (χ2v) is 4.21. The molecule has 0 unspecified atom stereocenters. The SMILES string of the molecule is CCNc1cccc(Sc2nncn2C)n1. The fraction of sp³-hybridized carbons (Fsp3) is 0.300. The Morgan fingerprint density at radius 2 is 2.31 bits per heavy atom. The van der Waals surface area contributed by atoms with Crippen molar-refractivity contribution in [2.45, 2.75) is 17.1 Å². The zero-order valence-electron chi connectivity index (χ0n) is 9.21. The lowest BCUT2D eigenvalue weighted by Crippen LogP contribution is -1.99. The van der Waals surface area contributed by atoms with Gasteiger partial charge in [0, 0.05) is 13.6 Å². The van der Waals surface area contributed by atoms with E-state index < -0.39 is 0 Å². The number of hydrogen-bond donors (Lipinski definition) is 1. The number of aryl methyl sites for hydroxylation is 1. The summed E-state index contributed by atoms with van der Waals surface area (Å²) < 4.78 is 1.87. The van der Waals surface area contributed by atoms with Gasteiger partial charge in [0.05, 0.1) is 0 Å². The summed E-state index contributed by atoms with van der Waals surface area (Å²) in [6.45, 7) is 2.91. The van der Waals surface area contributed by atoms with Crippen LogP contribution >= 0.6 is 11.8 Å². The Morgan fingerprint density at radius 3 is 3.00 bits per heavy atom. The van der Waals surface area contributed by atoms with Gasteiger partial charge in [-0.25, -0.2) is 4.98 Å². The largest absolute Gasteiger partial charge is 0.370 e. The molecule has 2 aromatic heterocycles. The number of nitrogens with one attached hydrogen (secondary N) is 1. The van der Waals surface area contributed by atoms with Gasteiger partial charge in [0.1, 0.15) is 17.2 Å². The maximum absolute atomic E-state index is 4.45. The van der Waals surface area contributed by atoms with Crippen molar-refractivity contribution < 1.29 is 0 Å². The summed E-state index contributed by atoms with van der Waals surface area (Å²) in [7, 11) is 1.91. The minimum Gasteiger partial charge on any atom is -0.370 e. The van der Waals surface area contributed by atoms with Crippen LogP contribution in [0, 0.1) is 0 Å². The number of rotatable bonds is 4. The lowest BCUT2D eigenvalue weighted by Gasteiger charge is -2.04. The van der Waals surface area contributed by atoms with E-state index >= 15 is 0 Å². The van der Waals surface area contributed by atoms with Crippen LogP contribution in [-0.4, -0.2) is 26.3 Å². The van der Waals surface area contributed by atoms with Crippen molar-refractivity contribution >= 4 is 17.6 Å². The predicted octanol–water partition coefficient (Wildman–Crippen LogP) is 1.79. The van der Waals surface area contributed by atoms with Crippen LogP contribution < -0.4 is 5.32 Å². The molecule has 0 amide bonds. The summed E-state index contributed by atoms with van der Waals surface area (Å²) >= 11 is 1.50. The first-order chi connectivity index (χ1) is 7.79. The lowest BCUT2D eigenvalue weighted by molar-refractivity contribution is 0.787. The molecule has 6 heteroatoms. The van der Waals surface area contributed by atoms with Gasteiger partial charge in [0.25, 0.3) is 0 Å². The fourth-order valence-corrected chi connectivity index (χ4v) is 1.97. The van der Waals surface area contributed by atoms with E-state index in [1.807, 2.05) is 36.7 Å². The zero-order valence-corrected chi connectivity index (χ0v) is 10.0. The van der Waals surface area contributed by atoms with Crippen molar-refractivity contribution in [1.29, 1.82) is 0 Å². The third-order valence-electron chi connectivity index (χ3n) is 1.95. The van der Waals surface area contributed by atoms with E-state index in [1.54, 1.807) is 6.33 Å². The zero-order chi connectivity index (χ0) is 11.4. The van der Waals surface area contributed by atoms with Crippen molar-refractivity contribution in [2.75, 3.05) is 11.9 Å². The van der Waals surface area contributed by atoms with Gasteiger partial charge in [-0.3, -0.25) is 0 Å². The van der Waals surface area contributed by atoms with Crippen LogP contribution in [-0.2, 0) is 7.05 Å². The summed E-state index contributed by atoms with van der Waals surface area (Å²) in [6.07, 6.45) is 1.68. The van der Waals surface area contributed by atoms with Gasteiger partial charge in [0.15, 0.2) is 5.16 Å². The van der Waals surface area contributed by atoms with Crippen molar-refractivity contribution in [3.05, 3.63) is 24.5 Å². The Hall–Kier alpha value is -1.56. The lowest BCUT2D eigenvalue weighted by atomic mass is 10.4. The van der Waals surface area contributed by atoms with Gasteiger partial charge in [-0.2, -0.15) is 0 Å². The number of hydrogen-bond acceptors (Lipinski definition) is 5. The van der Waals surface area contributed by atoms with E-state index in [4.69, 9.17) is 0 Å². The third-order valence-corrected chi connectivity index (χ3v) is 2.94. The van der Waals surface area contributed by atoms with Crippen molar-refractivity contribution in [1.82, 2.24) is 19.7 Å². The van der Waals surface area contributed by atoms with E-state index in [-0.39, 0.29) is 0 Å². The molecule has 16 heavy (non-hydrogen) atoms. The molecule has 2 rings (SSSR count). The van der Waals surface area contributed by atoms with E-state index in [9.17, 15) is 0 Å². The molecule has 0 saturated heterocycles. The molecule has 0 saturated carbocycles. The van der Waals surface area contributed by atoms with Crippen LogP contribution in [0.1, 0.15) is 6.92 Å². The first-order valence-corrected chi connectivity index (χ1v) is 5.84. The number of aromatic nitrogens is 4. The van der Waals surface area contributed by atoms with E-state index in [0.717, 1.165) is 22.5 Å². The highest BCUT2D eigenvalue weighted by atomic mass is 32.2. The Morgan fingerprint density at radius 1 is 1.44 bits per heavy atom. The molecule has 0 aliphatic carbocycles. The highest BCUT2D eigenvalue weighted by Gasteiger charge is 2.04. The molecule has 0 radical (unpaired) electrons. The molecule has 0 bridgehead atoms. The van der Waals surface area contributed by atoms with Crippen LogP contribution in [0.5, 0.6) is 0 Å². The van der Waals surface area contributed by atoms with Gasteiger partial charge < -0.3 is 9.88 Å². The maximum Gasteiger partial charge on any atom is 0.197 e. The topological polar surface area (TPSA) is 55.6 Å². The summed E-state index contributed by atoms with van der Waals surface area (Å²) in [5.74, 6) is 0.884. The molecule has 2 heterocycles. The van der Waals surface area contributed by atoms with Crippen LogP contribution in [0.3, 0.4) is 0 Å². The molecule has 0 fully saturated rings. The Kier molecular flexibility index (Phi) is 3.40. The van der Waals surface area contributed by atoms with Crippen LogP contribution in [0.15, 0.2) is 34.7 Å². The second-order valence-electron chi connectivity index (χ2n) is 3.22. The van der Waals surface area contributed by atoms with Gasteiger partial charge in [-0.05, 0) is 30.8 Å². The second kappa shape index (κ2) is 4.98. The molecule has 5 nitrogen and oxygen atoms in total. The van der Waals surface area contributed by atoms with Crippen molar-refractivity contribution in [3.8, 4) is 0 Å². The van der Waals surface area contributed by atoms with Crippen molar-refractivity contribution in [3.63, 3.8) is 0 Å². The monoisotopic (exact) mass is 235 g/mol. The standard InChI is InChI=1S/C10H13N5S/c1-3-11-8-5-4-6-9(13-8)16-10-14-12-7-15(10)2/h4-7H,3H2,1-2H3,(H,11,13). The molecule has 0 spiro atoms.